The highest BCUT2D eigenvalue weighted by Gasteiger charge is 2.46. The molecule has 31 heavy (non-hydrogen) atoms. The number of nitrogens with zero attached hydrogens (tertiary/aromatic N) is 3. The second-order valence-electron chi connectivity index (χ2n) is 7.51. The average molecular weight is 435 g/mol. The molecular formula is C20H23F2N5O4. The van der Waals surface area contributed by atoms with Crippen molar-refractivity contribution in [3.63, 3.8) is 0 Å². The van der Waals surface area contributed by atoms with E-state index in [1.165, 1.54) is 7.11 Å². The number of anilines is 2. The molecule has 0 bridgehead atoms. The number of carbonyl (C=O) groups is 2. The molecular weight excluding hydrogens is 412 g/mol. The lowest BCUT2D eigenvalue weighted by atomic mass is 10.1. The molecule has 1 aromatic heterocycles. The van der Waals surface area contributed by atoms with E-state index in [0.717, 1.165) is 4.90 Å². The second-order valence-corrected chi connectivity index (χ2v) is 7.51. The first-order valence-electron chi connectivity index (χ1n) is 9.84. The minimum absolute atomic E-state index is 0.0953. The molecule has 11 heteroatoms. The van der Waals surface area contributed by atoms with E-state index < -0.39 is 36.4 Å². The minimum Gasteiger partial charge on any atom is -0.491 e. The molecule has 3 N–H and O–H groups in total. The van der Waals surface area contributed by atoms with Gasteiger partial charge in [0.1, 0.15) is 36.4 Å². The Balaban J connectivity index is 1.69. The number of primary amides is 1. The molecule has 3 heterocycles. The molecule has 0 spiro atoms. The lowest BCUT2D eigenvalue weighted by Crippen LogP contribution is -2.39. The first kappa shape index (κ1) is 21.0. The predicted molar refractivity (Wildman–Crippen MR) is 108 cm³/mol. The van der Waals surface area contributed by atoms with Gasteiger partial charge in [0.05, 0.1) is 12.1 Å². The van der Waals surface area contributed by atoms with Crippen LogP contribution in [0.4, 0.5) is 20.3 Å². The summed E-state index contributed by atoms with van der Waals surface area (Å²) in [4.78, 5) is 29.5. The van der Waals surface area contributed by atoms with Gasteiger partial charge in [0.15, 0.2) is 5.82 Å². The van der Waals surface area contributed by atoms with Crippen molar-refractivity contribution in [3.8, 4) is 17.1 Å². The van der Waals surface area contributed by atoms with Gasteiger partial charge in [-0.2, -0.15) is 0 Å². The Morgan fingerprint density at radius 1 is 1.42 bits per heavy atom. The fourth-order valence-corrected chi connectivity index (χ4v) is 3.83. The van der Waals surface area contributed by atoms with Gasteiger partial charge in [-0.25, -0.2) is 13.8 Å². The van der Waals surface area contributed by atoms with E-state index in [0.29, 0.717) is 36.0 Å². The molecule has 2 amide bonds. The summed E-state index contributed by atoms with van der Waals surface area (Å²) in [6.45, 7) is 2.39. The number of hydrogen-bond donors (Lipinski definition) is 2. The van der Waals surface area contributed by atoms with Crippen molar-refractivity contribution in [1.82, 2.24) is 9.55 Å². The zero-order chi connectivity index (χ0) is 22.3. The van der Waals surface area contributed by atoms with Crippen LogP contribution in [-0.2, 0) is 20.9 Å². The number of nitrogens with one attached hydrogen (secondary N) is 1. The summed E-state index contributed by atoms with van der Waals surface area (Å²) >= 11 is 0. The van der Waals surface area contributed by atoms with Crippen molar-refractivity contribution in [1.29, 1.82) is 0 Å². The van der Waals surface area contributed by atoms with Crippen molar-refractivity contribution in [2.45, 2.75) is 44.5 Å². The third-order valence-corrected chi connectivity index (χ3v) is 5.51. The molecule has 2 aliphatic rings. The molecule has 0 saturated carbocycles. The molecule has 2 aliphatic heterocycles. The van der Waals surface area contributed by atoms with E-state index >= 15 is 0 Å². The van der Waals surface area contributed by atoms with Crippen LogP contribution in [0.25, 0.3) is 11.4 Å². The number of carbonyl (C=O) groups excluding carboxylic acids is 2. The highest BCUT2D eigenvalue weighted by molar-refractivity contribution is 5.99. The summed E-state index contributed by atoms with van der Waals surface area (Å²) in [6, 6.07) is 3.36. The van der Waals surface area contributed by atoms with Crippen LogP contribution in [0.5, 0.6) is 5.75 Å². The van der Waals surface area contributed by atoms with E-state index in [4.69, 9.17) is 15.2 Å². The molecule has 0 unspecified atom stereocenters. The van der Waals surface area contributed by atoms with Crippen LogP contribution < -0.4 is 20.7 Å². The van der Waals surface area contributed by atoms with Crippen LogP contribution in [0.3, 0.4) is 0 Å². The SMILES string of the molecule is CO[C@@H]1C[C@@H](C(F)F)N(c2cn3c(n2)-c2ccc(N[C@@H](C)C(N)=O)cc2OCC3)C1=O. The Labute approximate surface area is 177 Å². The number of rotatable bonds is 6. The molecule has 3 atom stereocenters. The van der Waals surface area contributed by atoms with Crippen LogP contribution in [0.15, 0.2) is 24.4 Å². The molecule has 4 rings (SSSR count). The van der Waals surface area contributed by atoms with Crippen molar-refractivity contribution in [2.75, 3.05) is 23.9 Å². The molecule has 9 nitrogen and oxygen atoms in total. The average Bonchev–Trinajstić information content (AvgIpc) is 3.24. The van der Waals surface area contributed by atoms with Gasteiger partial charge in [-0.05, 0) is 19.1 Å². The summed E-state index contributed by atoms with van der Waals surface area (Å²) in [7, 11) is 1.33. The van der Waals surface area contributed by atoms with Gasteiger partial charge < -0.3 is 25.1 Å². The Hall–Kier alpha value is -3.21. The molecule has 1 fully saturated rings. The maximum atomic E-state index is 13.6. The van der Waals surface area contributed by atoms with Crippen molar-refractivity contribution >= 4 is 23.3 Å². The first-order chi connectivity index (χ1) is 14.8. The standard InChI is InChI=1S/C20H23F2N5O4/c1-10(18(23)28)24-11-3-4-12-14(7-11)31-6-5-26-9-16(25-19(12)26)27-13(17(21)22)8-15(30-2)20(27)29/h3-4,7,9-10,13,15,17,24H,5-6,8H2,1-2H3,(H2,23,28)/t10-,13-,15+/m0/s1. The quantitative estimate of drug-likeness (QED) is 0.713. The number of hydrogen-bond acceptors (Lipinski definition) is 6. The highest BCUT2D eigenvalue weighted by atomic mass is 19.3. The van der Waals surface area contributed by atoms with Gasteiger partial charge in [0, 0.05) is 31.5 Å². The van der Waals surface area contributed by atoms with Crippen LogP contribution in [0.1, 0.15) is 13.3 Å². The first-order valence-corrected chi connectivity index (χ1v) is 9.84. The Bertz CT molecular complexity index is 1010. The van der Waals surface area contributed by atoms with Gasteiger partial charge in [-0.15, -0.1) is 0 Å². The van der Waals surface area contributed by atoms with E-state index in [1.807, 2.05) is 0 Å². The number of alkyl halides is 2. The summed E-state index contributed by atoms with van der Waals surface area (Å²) in [6.07, 6.45) is -2.15. The minimum atomic E-state index is -2.72. The third kappa shape index (κ3) is 3.80. The van der Waals surface area contributed by atoms with Gasteiger partial charge in [0.25, 0.3) is 12.3 Å². The number of fused-ring (bicyclic) bond motifs is 3. The van der Waals surface area contributed by atoms with Gasteiger partial charge in [0.2, 0.25) is 5.91 Å². The lowest BCUT2D eigenvalue weighted by molar-refractivity contribution is -0.125. The summed E-state index contributed by atoms with van der Waals surface area (Å²) in [5, 5.41) is 2.99. The third-order valence-electron chi connectivity index (χ3n) is 5.51. The van der Waals surface area contributed by atoms with Crippen LogP contribution in [-0.4, -0.2) is 59.7 Å². The van der Waals surface area contributed by atoms with Crippen LogP contribution in [0.2, 0.25) is 0 Å². The number of amides is 2. The lowest BCUT2D eigenvalue weighted by Gasteiger charge is -2.21. The fourth-order valence-electron chi connectivity index (χ4n) is 3.83. The van der Waals surface area contributed by atoms with Gasteiger partial charge >= 0.3 is 0 Å². The Morgan fingerprint density at radius 2 is 2.19 bits per heavy atom. The van der Waals surface area contributed by atoms with Gasteiger partial charge in [-0.1, -0.05) is 0 Å². The summed E-state index contributed by atoms with van der Waals surface area (Å²) < 4.78 is 39.9. The fraction of sp³-hybridized carbons (Fsp3) is 0.450. The number of imidazole rings is 1. The van der Waals surface area contributed by atoms with Gasteiger partial charge in [-0.3, -0.25) is 14.5 Å². The van der Waals surface area contributed by atoms with Crippen molar-refractivity contribution in [2.24, 2.45) is 5.73 Å². The molecule has 166 valence electrons. The van der Waals surface area contributed by atoms with Crippen molar-refractivity contribution in [3.05, 3.63) is 24.4 Å². The predicted octanol–water partition coefficient (Wildman–Crippen LogP) is 1.61. The number of halogens is 2. The number of aromatic nitrogens is 2. The maximum Gasteiger partial charge on any atom is 0.259 e. The number of ether oxygens (including phenoxy) is 2. The second kappa shape index (κ2) is 8.14. The molecule has 1 aromatic carbocycles. The van der Waals surface area contributed by atoms with E-state index in [-0.39, 0.29) is 12.2 Å². The zero-order valence-electron chi connectivity index (χ0n) is 17.0. The maximum absolute atomic E-state index is 13.6. The van der Waals surface area contributed by atoms with Crippen molar-refractivity contribution < 1.29 is 27.8 Å². The zero-order valence-corrected chi connectivity index (χ0v) is 17.0. The molecule has 0 aliphatic carbocycles. The summed E-state index contributed by atoms with van der Waals surface area (Å²) in [5.74, 6) is 0.151. The molecule has 0 radical (unpaired) electrons. The highest BCUT2D eigenvalue weighted by Crippen LogP contribution is 2.38. The topological polar surface area (TPSA) is 112 Å². The van der Waals surface area contributed by atoms with E-state index in [9.17, 15) is 18.4 Å². The normalized spacial score (nSPS) is 21.3. The van der Waals surface area contributed by atoms with E-state index in [1.54, 1.807) is 35.9 Å². The smallest absolute Gasteiger partial charge is 0.259 e. The Kier molecular flexibility index (Phi) is 5.52. The largest absolute Gasteiger partial charge is 0.491 e. The summed E-state index contributed by atoms with van der Waals surface area (Å²) in [5.41, 5.74) is 6.58. The number of benzene rings is 1. The molecule has 2 aromatic rings. The Morgan fingerprint density at radius 3 is 2.87 bits per heavy atom. The van der Waals surface area contributed by atoms with Crippen LogP contribution in [0, 0.1) is 0 Å². The van der Waals surface area contributed by atoms with Crippen LogP contribution >= 0.6 is 0 Å². The number of methoxy groups -OCH3 is 1. The number of nitrogens with two attached hydrogens (primary N) is 1. The van der Waals surface area contributed by atoms with E-state index in [2.05, 4.69) is 10.3 Å². The molecule has 1 saturated heterocycles. The monoisotopic (exact) mass is 435 g/mol.